The molecular formula is C17H22Cl3F3N4O3S2. The maximum absolute atomic E-state index is 12.9. The molecule has 1 aromatic carbocycles. The fourth-order valence-electron chi connectivity index (χ4n) is 2.35. The van der Waals surface area contributed by atoms with Crippen molar-refractivity contribution in [1.29, 1.82) is 0 Å². The van der Waals surface area contributed by atoms with Crippen molar-refractivity contribution in [2.75, 3.05) is 17.2 Å². The van der Waals surface area contributed by atoms with Crippen LogP contribution in [0.2, 0.25) is 0 Å². The Labute approximate surface area is 204 Å². The molecule has 0 aliphatic carbocycles. The van der Waals surface area contributed by atoms with Gasteiger partial charge in [0.05, 0.1) is 16.3 Å². The first-order chi connectivity index (χ1) is 14.5. The standard InChI is InChI=1S/C17H22Cl3F3N4O3S2/c1-4-24-11-6-5-10(32(29,30)17(21,22)23)8-12(11)25-15(31)27-14(16(18,19)20)26-13(28)7-9(2)3/h5-6,8-9,14,24H,4,7H2,1-3H3,(H,26,28)(H2,25,27,31). The topological polar surface area (TPSA) is 99.3 Å². The molecule has 15 heteroatoms. The summed E-state index contributed by atoms with van der Waals surface area (Å²) in [6.45, 7) is 5.73. The monoisotopic (exact) mass is 556 g/mol. The lowest BCUT2D eigenvalue weighted by atomic mass is 10.1. The number of alkyl halides is 6. The van der Waals surface area contributed by atoms with Crippen molar-refractivity contribution in [3.05, 3.63) is 18.2 Å². The van der Waals surface area contributed by atoms with E-state index in [2.05, 4.69) is 21.3 Å². The molecule has 7 nitrogen and oxygen atoms in total. The Balaban J connectivity index is 3.18. The highest BCUT2D eigenvalue weighted by atomic mass is 35.6. The summed E-state index contributed by atoms with van der Waals surface area (Å²) in [6.07, 6.45) is -1.15. The van der Waals surface area contributed by atoms with Crippen LogP contribution in [-0.4, -0.2) is 41.4 Å². The summed E-state index contributed by atoms with van der Waals surface area (Å²) in [5.41, 5.74) is -5.29. The summed E-state index contributed by atoms with van der Waals surface area (Å²) >= 11 is 22.8. The predicted octanol–water partition coefficient (Wildman–Crippen LogP) is 4.56. The van der Waals surface area contributed by atoms with E-state index in [1.54, 1.807) is 6.92 Å². The molecule has 0 fully saturated rings. The molecule has 182 valence electrons. The Kier molecular flexibility index (Phi) is 10.2. The lowest BCUT2D eigenvalue weighted by molar-refractivity contribution is -0.122. The van der Waals surface area contributed by atoms with Crippen LogP contribution in [0.5, 0.6) is 0 Å². The average Bonchev–Trinajstić information content (AvgIpc) is 2.60. The number of amides is 1. The average molecular weight is 558 g/mol. The molecule has 0 bridgehead atoms. The van der Waals surface area contributed by atoms with Crippen LogP contribution >= 0.6 is 47.0 Å². The van der Waals surface area contributed by atoms with Gasteiger partial charge >= 0.3 is 5.51 Å². The lowest BCUT2D eigenvalue weighted by Gasteiger charge is -2.28. The Morgan fingerprint density at radius 3 is 2.19 bits per heavy atom. The maximum atomic E-state index is 12.9. The van der Waals surface area contributed by atoms with Gasteiger partial charge in [-0.3, -0.25) is 4.79 Å². The molecule has 32 heavy (non-hydrogen) atoms. The van der Waals surface area contributed by atoms with Crippen LogP contribution in [0.3, 0.4) is 0 Å². The third kappa shape index (κ3) is 8.29. The van der Waals surface area contributed by atoms with Gasteiger partial charge in [-0.1, -0.05) is 48.7 Å². The van der Waals surface area contributed by atoms with Gasteiger partial charge in [0.25, 0.3) is 9.84 Å². The number of nitrogens with one attached hydrogen (secondary N) is 4. The van der Waals surface area contributed by atoms with E-state index >= 15 is 0 Å². The predicted molar refractivity (Wildman–Crippen MR) is 125 cm³/mol. The summed E-state index contributed by atoms with van der Waals surface area (Å²) in [7, 11) is -5.59. The Morgan fingerprint density at radius 2 is 1.72 bits per heavy atom. The first-order valence-corrected chi connectivity index (χ1v) is 12.1. The van der Waals surface area contributed by atoms with Gasteiger partial charge in [0.15, 0.2) is 5.11 Å². The van der Waals surface area contributed by atoms with Crippen molar-refractivity contribution in [3.63, 3.8) is 0 Å². The highest BCUT2D eigenvalue weighted by Gasteiger charge is 2.47. The SMILES string of the molecule is CCNc1ccc(S(=O)(=O)C(F)(F)F)cc1NC(=S)NC(NC(=O)CC(C)C)C(Cl)(Cl)Cl. The molecule has 1 unspecified atom stereocenters. The quantitative estimate of drug-likeness (QED) is 0.211. The van der Waals surface area contributed by atoms with E-state index in [0.29, 0.717) is 6.54 Å². The largest absolute Gasteiger partial charge is 0.501 e. The second-order valence-corrected chi connectivity index (χ2v) is 11.6. The number of hydrogen-bond donors (Lipinski definition) is 4. The van der Waals surface area contributed by atoms with E-state index in [1.807, 2.05) is 13.8 Å². The van der Waals surface area contributed by atoms with Crippen LogP contribution in [0, 0.1) is 5.92 Å². The van der Waals surface area contributed by atoms with E-state index in [4.69, 9.17) is 47.0 Å². The summed E-state index contributed by atoms with van der Waals surface area (Å²) in [4.78, 5) is 11.1. The molecule has 0 aromatic heterocycles. The Bertz CT molecular complexity index is 939. The smallest absolute Gasteiger partial charge is 0.384 e. The molecule has 1 rings (SSSR count). The molecule has 0 saturated heterocycles. The normalized spacial score (nSPS) is 13.4. The van der Waals surface area contributed by atoms with E-state index in [0.717, 1.165) is 18.2 Å². The van der Waals surface area contributed by atoms with Crippen LogP contribution < -0.4 is 21.3 Å². The number of halogens is 6. The van der Waals surface area contributed by atoms with Crippen molar-refractivity contribution >= 4 is 79.3 Å². The minimum Gasteiger partial charge on any atom is -0.384 e. The number of hydrogen-bond acceptors (Lipinski definition) is 5. The van der Waals surface area contributed by atoms with Gasteiger partial charge in [0.2, 0.25) is 9.70 Å². The highest BCUT2D eigenvalue weighted by Crippen LogP contribution is 2.34. The van der Waals surface area contributed by atoms with Gasteiger partial charge in [0.1, 0.15) is 6.17 Å². The number of carbonyl (C=O) groups excluding carboxylic acids is 1. The van der Waals surface area contributed by atoms with Gasteiger partial charge in [-0.2, -0.15) is 13.2 Å². The van der Waals surface area contributed by atoms with Crippen LogP contribution in [0.1, 0.15) is 27.2 Å². The van der Waals surface area contributed by atoms with E-state index < -0.39 is 36.1 Å². The second kappa shape index (κ2) is 11.3. The van der Waals surface area contributed by atoms with Crippen LogP contribution in [0.4, 0.5) is 24.5 Å². The third-order valence-electron chi connectivity index (χ3n) is 3.72. The first kappa shape index (κ1) is 28.8. The van der Waals surface area contributed by atoms with Gasteiger partial charge in [0, 0.05) is 13.0 Å². The van der Waals surface area contributed by atoms with Crippen LogP contribution in [0.25, 0.3) is 0 Å². The van der Waals surface area contributed by atoms with Crippen LogP contribution in [-0.2, 0) is 14.6 Å². The summed E-state index contributed by atoms with van der Waals surface area (Å²) in [5, 5.41) is 10.2. The minimum atomic E-state index is -5.59. The zero-order chi connectivity index (χ0) is 24.9. The zero-order valence-electron chi connectivity index (χ0n) is 17.1. The van der Waals surface area contributed by atoms with Crippen LogP contribution in [0.15, 0.2) is 23.1 Å². The summed E-state index contributed by atoms with van der Waals surface area (Å²) in [6, 6.07) is 2.75. The van der Waals surface area contributed by atoms with Gasteiger partial charge in [-0.05, 0) is 43.3 Å². The summed E-state index contributed by atoms with van der Waals surface area (Å²) < 4.78 is 60.3. The fourth-order valence-corrected chi connectivity index (χ4v) is 3.69. The van der Waals surface area contributed by atoms with Crippen molar-refractivity contribution < 1.29 is 26.4 Å². The molecule has 0 aliphatic rings. The molecule has 1 amide bonds. The molecule has 4 N–H and O–H groups in total. The number of carbonyl (C=O) groups is 1. The van der Waals surface area contributed by atoms with Crippen molar-refractivity contribution in [2.45, 2.75) is 47.6 Å². The molecule has 0 saturated carbocycles. The van der Waals surface area contributed by atoms with Crippen molar-refractivity contribution in [3.8, 4) is 0 Å². The number of sulfone groups is 1. The minimum absolute atomic E-state index is 0.0251. The molecular weight excluding hydrogens is 536 g/mol. The fraction of sp³-hybridized carbons (Fsp3) is 0.529. The number of anilines is 2. The zero-order valence-corrected chi connectivity index (χ0v) is 21.0. The number of rotatable bonds is 8. The van der Waals surface area contributed by atoms with Crippen molar-refractivity contribution in [2.24, 2.45) is 5.92 Å². The number of benzene rings is 1. The lowest BCUT2D eigenvalue weighted by Crippen LogP contribution is -2.56. The molecule has 0 aliphatic heterocycles. The Hall–Kier alpha value is -1.21. The molecule has 0 spiro atoms. The first-order valence-electron chi connectivity index (χ1n) is 9.11. The van der Waals surface area contributed by atoms with Gasteiger partial charge < -0.3 is 21.3 Å². The third-order valence-corrected chi connectivity index (χ3v) is 6.08. The molecule has 0 radical (unpaired) electrons. The van der Waals surface area contributed by atoms with E-state index in [1.165, 1.54) is 0 Å². The molecule has 0 heterocycles. The van der Waals surface area contributed by atoms with Gasteiger partial charge in [-0.15, -0.1) is 0 Å². The number of thiocarbonyl (C=S) groups is 1. The second-order valence-electron chi connectivity index (χ2n) is 6.93. The maximum Gasteiger partial charge on any atom is 0.501 e. The van der Waals surface area contributed by atoms with E-state index in [9.17, 15) is 26.4 Å². The van der Waals surface area contributed by atoms with Crippen molar-refractivity contribution in [1.82, 2.24) is 10.6 Å². The van der Waals surface area contributed by atoms with E-state index in [-0.39, 0.29) is 28.8 Å². The van der Waals surface area contributed by atoms with Gasteiger partial charge in [-0.25, -0.2) is 8.42 Å². The summed E-state index contributed by atoms with van der Waals surface area (Å²) in [5.74, 6) is -0.407. The highest BCUT2D eigenvalue weighted by molar-refractivity contribution is 7.92. The molecule has 1 aromatic rings. The Morgan fingerprint density at radius 1 is 1.12 bits per heavy atom. The molecule has 1 atom stereocenters.